The number of rotatable bonds is 12. The second-order valence-electron chi connectivity index (χ2n) is 16.4. The third-order valence-corrected chi connectivity index (χ3v) is 20.9. The van der Waals surface area contributed by atoms with E-state index < -0.39 is 51.1 Å². The maximum absolute atomic E-state index is 12.3. The smallest absolute Gasteiger partial charge is 0.416 e. The molecule has 0 spiro atoms. The molecule has 0 saturated carbocycles. The Balaban J connectivity index is 0.000000162. The highest BCUT2D eigenvalue weighted by molar-refractivity contribution is 7.95. The van der Waals surface area contributed by atoms with Crippen LogP contribution >= 0.6 is 37.7 Å². The van der Waals surface area contributed by atoms with Crippen molar-refractivity contribution in [3.8, 4) is 5.75 Å². The Labute approximate surface area is 427 Å². The van der Waals surface area contributed by atoms with Crippen LogP contribution in [0.5, 0.6) is 5.75 Å². The fraction of sp³-hybridized carbons (Fsp3) is 0.0690. The Morgan fingerprint density at radius 3 is 0.806 bits per heavy atom. The molecule has 0 radical (unpaired) electrons. The van der Waals surface area contributed by atoms with Crippen molar-refractivity contribution < 1.29 is 41.0 Å². The molecular weight excluding hydrogens is 1000 g/mol. The van der Waals surface area contributed by atoms with Crippen LogP contribution in [0.1, 0.15) is 22.3 Å². The molecule has 3 nitrogen and oxygen atoms in total. The number of hydrogen-bond acceptors (Lipinski definition) is 3. The van der Waals surface area contributed by atoms with Crippen LogP contribution in [0.2, 0.25) is 10.0 Å². The predicted molar refractivity (Wildman–Crippen MR) is 283 cm³/mol. The fourth-order valence-electron chi connectivity index (χ4n) is 8.37. The lowest BCUT2D eigenvalue weighted by Gasteiger charge is -2.27. The number of hydrogen-bond donors (Lipinski definition) is 0. The second-order valence-corrected chi connectivity index (χ2v) is 24.2. The zero-order valence-electron chi connectivity index (χ0n) is 38.3. The quantitative estimate of drug-likeness (QED) is 0.0696. The molecule has 364 valence electrons. The van der Waals surface area contributed by atoms with Crippen molar-refractivity contribution in [1.82, 2.24) is 0 Å². The monoisotopic (exact) mass is 1050 g/mol. The van der Waals surface area contributed by atoms with Gasteiger partial charge in [-0.3, -0.25) is 0 Å². The number of benzene rings is 9. The van der Waals surface area contributed by atoms with Gasteiger partial charge in [-0.1, -0.05) is 157 Å². The molecule has 0 aromatic heterocycles. The van der Waals surface area contributed by atoms with E-state index in [1.807, 2.05) is 24.3 Å². The van der Waals surface area contributed by atoms with E-state index >= 15 is 0 Å². The van der Waals surface area contributed by atoms with Gasteiger partial charge in [0.05, 0.1) is 29.2 Å². The van der Waals surface area contributed by atoms with Crippen molar-refractivity contribution >= 4 is 76.9 Å². The van der Waals surface area contributed by atoms with Crippen molar-refractivity contribution in [2.24, 2.45) is 0 Å². The minimum atomic E-state index is -5.05. The van der Waals surface area contributed by atoms with Gasteiger partial charge in [0.15, 0.2) is 0 Å². The summed E-state index contributed by atoms with van der Waals surface area (Å²) in [5, 5.41) is 30.1. The van der Waals surface area contributed by atoms with E-state index in [-0.39, 0.29) is 18.2 Å². The molecule has 0 heterocycles. The zero-order chi connectivity index (χ0) is 51.2. The zero-order valence-corrected chi connectivity index (χ0v) is 41.6. The maximum atomic E-state index is 12.3. The first kappa shape index (κ1) is 53.6. The molecule has 0 N–H and O–H groups in total. The molecule has 72 heavy (non-hydrogen) atoms. The number of alkyl halides is 6. The lowest BCUT2D eigenvalue weighted by molar-refractivity contribution is -0.372. The summed E-state index contributed by atoms with van der Waals surface area (Å²) in [6.07, 6.45) is -8.16. The fourth-order valence-corrected chi connectivity index (χ4v) is 17.1. The molecule has 0 aliphatic carbocycles. The Kier molecular flexibility index (Phi) is 18.2. The van der Waals surface area contributed by atoms with Crippen molar-refractivity contribution in [2.75, 3.05) is 0 Å². The van der Waals surface area contributed by atoms with Crippen LogP contribution in [0.15, 0.2) is 249 Å². The third-order valence-electron chi connectivity index (χ3n) is 11.6. The number of halogens is 8. The first-order valence-corrected chi connectivity index (χ1v) is 27.1. The van der Waals surface area contributed by atoms with Crippen LogP contribution in [0.25, 0.3) is 0 Å². The van der Waals surface area contributed by atoms with Crippen LogP contribution in [0.3, 0.4) is 0 Å². The van der Waals surface area contributed by atoms with Gasteiger partial charge in [-0.25, -0.2) is 0 Å². The summed E-state index contributed by atoms with van der Waals surface area (Å²) in [5.74, 6) is -1.08. The average molecular weight is 1050 g/mol. The predicted octanol–water partition coefficient (Wildman–Crippen LogP) is 12.5. The van der Waals surface area contributed by atoms with Gasteiger partial charge in [0, 0.05) is 10.0 Å². The summed E-state index contributed by atoms with van der Waals surface area (Å²) in [5.41, 5.74) is -0.700. The van der Waals surface area contributed by atoms with Gasteiger partial charge in [-0.05, 0) is 126 Å². The standard InChI is InChI=1S/2C25H21ClP.C8H3BF6O3/c2*26-22-18-16-21(17-19-22)20-27(23-10-4-1-5-11-23,24-12-6-2-7-13-24)25-14-8-3-9-15-25;10-7(11,12)4-1-5(8(13,14)15)3-6(2-4)18-9(16)17/h2*1-19H,20H2;1-3H/q2*+1;-2. The Hall–Kier alpha value is -6.22. The molecule has 0 bridgehead atoms. The van der Waals surface area contributed by atoms with Gasteiger partial charge >= 0.3 is 12.4 Å². The van der Waals surface area contributed by atoms with Gasteiger partial charge in [-0.15, -0.1) is 0 Å². The molecule has 9 aromatic rings. The van der Waals surface area contributed by atoms with Crippen LogP contribution in [-0.4, -0.2) is 7.32 Å². The summed E-state index contributed by atoms with van der Waals surface area (Å²) >= 11 is 12.3. The van der Waals surface area contributed by atoms with Gasteiger partial charge in [0.25, 0.3) is 0 Å². The summed E-state index contributed by atoms with van der Waals surface area (Å²) < 4.78 is 77.5. The van der Waals surface area contributed by atoms with Crippen LogP contribution < -0.4 is 46.5 Å². The minimum Gasteiger partial charge on any atom is -0.860 e. The largest absolute Gasteiger partial charge is 0.860 e. The summed E-state index contributed by atoms with van der Waals surface area (Å²) in [6, 6.07) is 82.5. The van der Waals surface area contributed by atoms with E-state index in [0.717, 1.165) is 22.4 Å². The normalized spacial score (nSPS) is 11.6. The van der Waals surface area contributed by atoms with E-state index in [0.29, 0.717) is 0 Å². The SMILES string of the molecule is Clc1ccc(C[P+](c2ccccc2)(c2ccccc2)c2ccccc2)cc1.Clc1ccc(C[P+](c2ccccc2)(c2ccccc2)c2ccccc2)cc1.[O-]B([O-])Oc1cc(C(F)(F)F)cc(C(F)(F)F)c1. The molecule has 0 saturated heterocycles. The van der Waals surface area contributed by atoms with E-state index in [4.69, 9.17) is 23.2 Å². The lowest BCUT2D eigenvalue weighted by Crippen LogP contribution is -2.50. The molecule has 9 aromatic carbocycles. The summed E-state index contributed by atoms with van der Waals surface area (Å²) in [6.45, 7) is 0. The van der Waals surface area contributed by atoms with Crippen molar-refractivity contribution in [2.45, 2.75) is 24.7 Å². The summed E-state index contributed by atoms with van der Waals surface area (Å²) in [4.78, 5) is 0. The highest BCUT2D eigenvalue weighted by Gasteiger charge is 2.46. The summed E-state index contributed by atoms with van der Waals surface area (Å²) in [7, 11) is -6.69. The van der Waals surface area contributed by atoms with Crippen molar-refractivity contribution in [3.05, 3.63) is 281 Å². The molecule has 0 aliphatic rings. The second kappa shape index (κ2) is 24.5. The van der Waals surface area contributed by atoms with Gasteiger partial charge in [0.1, 0.15) is 53.7 Å². The topological polar surface area (TPSA) is 55.3 Å². The lowest BCUT2D eigenvalue weighted by atomic mass is 10.1. The highest BCUT2D eigenvalue weighted by Crippen LogP contribution is 2.59. The Bertz CT molecular complexity index is 2660. The first-order valence-electron chi connectivity index (χ1n) is 22.4. The van der Waals surface area contributed by atoms with Gasteiger partial charge in [-0.2, -0.15) is 26.3 Å². The molecule has 0 fully saturated rings. The highest BCUT2D eigenvalue weighted by atomic mass is 35.5. The molecule has 9 rings (SSSR count). The van der Waals surface area contributed by atoms with Crippen LogP contribution in [-0.2, 0) is 24.7 Å². The molecular formula is C58H45BCl2F6O3P2. The maximum Gasteiger partial charge on any atom is 0.416 e. The van der Waals surface area contributed by atoms with Crippen LogP contribution in [0, 0.1) is 0 Å². The Morgan fingerprint density at radius 2 is 0.597 bits per heavy atom. The van der Waals surface area contributed by atoms with Crippen molar-refractivity contribution in [1.29, 1.82) is 0 Å². The first-order chi connectivity index (χ1) is 34.6. The molecule has 0 unspecified atom stereocenters. The third kappa shape index (κ3) is 13.6. The van der Waals surface area contributed by atoms with Crippen molar-refractivity contribution in [3.63, 3.8) is 0 Å². The van der Waals surface area contributed by atoms with E-state index in [1.54, 1.807) is 0 Å². The molecule has 0 aliphatic heterocycles. The molecule has 0 amide bonds. The van der Waals surface area contributed by atoms with Crippen LogP contribution in [0.4, 0.5) is 26.3 Å². The molecule has 0 atom stereocenters. The minimum absolute atomic E-state index is 0.141. The van der Waals surface area contributed by atoms with E-state index in [1.165, 1.54) is 43.0 Å². The van der Waals surface area contributed by atoms with E-state index in [9.17, 15) is 36.4 Å². The average Bonchev–Trinajstić information content (AvgIpc) is 3.39. The Morgan fingerprint density at radius 1 is 0.361 bits per heavy atom. The molecule has 14 heteroatoms. The van der Waals surface area contributed by atoms with E-state index in [2.05, 4.69) is 211 Å². The van der Waals surface area contributed by atoms with Gasteiger partial charge in [0.2, 0.25) is 0 Å². The van der Waals surface area contributed by atoms with Gasteiger partial charge < -0.3 is 14.7 Å².